The molecule has 2 aromatic heterocycles. The van der Waals surface area contributed by atoms with E-state index in [0.29, 0.717) is 26.7 Å². The maximum Gasteiger partial charge on any atom is 0.251 e. The van der Waals surface area contributed by atoms with Gasteiger partial charge in [-0.2, -0.15) is 0 Å². The molecule has 0 bridgehead atoms. The van der Waals surface area contributed by atoms with Crippen LogP contribution < -0.4 is 10.6 Å². The Bertz CT molecular complexity index is 1080. The lowest BCUT2D eigenvalue weighted by molar-refractivity contribution is -0.115. The van der Waals surface area contributed by atoms with E-state index in [-0.39, 0.29) is 17.9 Å². The van der Waals surface area contributed by atoms with Gasteiger partial charge in [-0.05, 0) is 52.0 Å². The van der Waals surface area contributed by atoms with E-state index in [1.54, 1.807) is 42.8 Å². The Morgan fingerprint density at radius 3 is 2.45 bits per heavy atom. The second kappa shape index (κ2) is 9.80. The molecule has 8 nitrogen and oxygen atoms in total. The van der Waals surface area contributed by atoms with Crippen LogP contribution in [-0.2, 0) is 11.8 Å². The summed E-state index contributed by atoms with van der Waals surface area (Å²) in [5.74, 6) is 0.194. The average molecular weight is 479 g/mol. The van der Waals surface area contributed by atoms with Crippen molar-refractivity contribution in [2.75, 3.05) is 5.32 Å². The minimum Gasteiger partial charge on any atom is -0.342 e. The zero-order chi connectivity index (χ0) is 22.7. The largest absolute Gasteiger partial charge is 0.342 e. The van der Waals surface area contributed by atoms with Gasteiger partial charge in [0.05, 0.1) is 17.0 Å². The molecule has 31 heavy (non-hydrogen) atoms. The molecule has 11 heteroatoms. The molecular formula is C20H23ClN6O2S2. The summed E-state index contributed by atoms with van der Waals surface area (Å²) in [5, 5.41) is 15.5. The van der Waals surface area contributed by atoms with Crippen molar-refractivity contribution < 1.29 is 9.59 Å². The molecule has 2 heterocycles. The lowest BCUT2D eigenvalue weighted by Gasteiger charge is -2.14. The number of nitrogens with zero attached hydrogens (tertiary/aromatic N) is 4. The summed E-state index contributed by atoms with van der Waals surface area (Å²) in [6, 6.07) is 6.28. The van der Waals surface area contributed by atoms with Crippen molar-refractivity contribution in [1.82, 2.24) is 25.1 Å². The monoisotopic (exact) mass is 478 g/mol. The number of nitrogens with one attached hydrogen (secondary N) is 2. The fraction of sp³-hybridized carbons (Fsp3) is 0.350. The highest BCUT2D eigenvalue weighted by Gasteiger charge is 2.23. The van der Waals surface area contributed by atoms with Crippen molar-refractivity contribution in [2.24, 2.45) is 7.05 Å². The number of hydrogen-bond donors (Lipinski definition) is 2. The summed E-state index contributed by atoms with van der Waals surface area (Å²) < 4.78 is 1.78. The van der Waals surface area contributed by atoms with Gasteiger partial charge < -0.3 is 15.2 Å². The van der Waals surface area contributed by atoms with E-state index in [0.717, 1.165) is 10.6 Å². The number of carbonyl (C=O) groups is 2. The lowest BCUT2D eigenvalue weighted by atomic mass is 10.2. The van der Waals surface area contributed by atoms with Crippen molar-refractivity contribution in [3.63, 3.8) is 0 Å². The number of hydrogen-bond acceptors (Lipinski definition) is 7. The van der Waals surface area contributed by atoms with Gasteiger partial charge in [0, 0.05) is 22.5 Å². The van der Waals surface area contributed by atoms with Gasteiger partial charge in [0.1, 0.15) is 0 Å². The summed E-state index contributed by atoms with van der Waals surface area (Å²) in [6.07, 6.45) is 0. The Kier molecular flexibility index (Phi) is 7.34. The van der Waals surface area contributed by atoms with Gasteiger partial charge in [0.15, 0.2) is 16.1 Å². The van der Waals surface area contributed by atoms with E-state index in [9.17, 15) is 9.59 Å². The molecule has 0 saturated heterocycles. The predicted molar refractivity (Wildman–Crippen MR) is 124 cm³/mol. The SMILES string of the molecule is Cc1nc(NC(=O)[C@@H](C)Sc2nnc([C@@H](C)NC(=O)c3ccc(Cl)cc3)n2C)sc1C. The first kappa shape index (κ1) is 23.2. The Morgan fingerprint density at radius 2 is 1.84 bits per heavy atom. The minimum atomic E-state index is -0.403. The second-order valence-corrected chi connectivity index (χ2v) is 9.96. The summed E-state index contributed by atoms with van der Waals surface area (Å²) in [5.41, 5.74) is 1.42. The van der Waals surface area contributed by atoms with E-state index in [1.165, 1.54) is 23.1 Å². The maximum atomic E-state index is 12.5. The molecule has 0 unspecified atom stereocenters. The molecule has 3 rings (SSSR count). The van der Waals surface area contributed by atoms with Crippen LogP contribution in [-0.4, -0.2) is 36.8 Å². The van der Waals surface area contributed by atoms with Crippen LogP contribution >= 0.6 is 34.7 Å². The van der Waals surface area contributed by atoms with Crippen molar-refractivity contribution in [1.29, 1.82) is 0 Å². The highest BCUT2D eigenvalue weighted by Crippen LogP contribution is 2.26. The van der Waals surface area contributed by atoms with E-state index >= 15 is 0 Å². The Labute approximate surface area is 193 Å². The van der Waals surface area contributed by atoms with Gasteiger partial charge in [-0.25, -0.2) is 4.98 Å². The smallest absolute Gasteiger partial charge is 0.251 e. The lowest BCUT2D eigenvalue weighted by Crippen LogP contribution is -2.28. The molecule has 0 aliphatic heterocycles. The van der Waals surface area contributed by atoms with Crippen molar-refractivity contribution >= 4 is 51.6 Å². The fourth-order valence-corrected chi connectivity index (χ4v) is 4.46. The number of halogens is 1. The second-order valence-electron chi connectivity index (χ2n) is 7.01. The molecule has 2 atom stereocenters. The number of aryl methyl sites for hydroxylation is 2. The topological polar surface area (TPSA) is 102 Å². The van der Waals surface area contributed by atoms with Crippen molar-refractivity contribution in [3.8, 4) is 0 Å². The Balaban J connectivity index is 1.62. The standard InChI is InChI=1S/C20H23ClN6O2S2/c1-10-12(3)30-19(23-10)24-17(28)13(4)31-20-26-25-16(27(20)5)11(2)22-18(29)14-6-8-15(21)9-7-14/h6-9,11,13H,1-5H3,(H,22,29)(H,23,24,28)/t11-,13-/m1/s1. The van der Waals surface area contributed by atoms with Crippen molar-refractivity contribution in [2.45, 2.75) is 44.1 Å². The molecular weight excluding hydrogens is 456 g/mol. The van der Waals surface area contributed by atoms with Gasteiger partial charge in [-0.15, -0.1) is 21.5 Å². The third kappa shape index (κ3) is 5.63. The van der Waals surface area contributed by atoms with Gasteiger partial charge in [0.2, 0.25) is 5.91 Å². The quantitative estimate of drug-likeness (QED) is 0.494. The minimum absolute atomic E-state index is 0.160. The number of thioether (sulfide) groups is 1. The molecule has 1 aromatic carbocycles. The van der Waals surface area contributed by atoms with Crippen LogP contribution in [0.15, 0.2) is 29.4 Å². The number of amides is 2. The van der Waals surface area contributed by atoms with Gasteiger partial charge in [0.25, 0.3) is 5.91 Å². The molecule has 0 aliphatic carbocycles. The van der Waals surface area contributed by atoms with Crippen LogP contribution in [0.25, 0.3) is 0 Å². The Morgan fingerprint density at radius 1 is 1.16 bits per heavy atom. The van der Waals surface area contributed by atoms with Crippen LogP contribution in [0.4, 0.5) is 5.13 Å². The third-order valence-electron chi connectivity index (χ3n) is 4.62. The number of benzene rings is 1. The van der Waals surface area contributed by atoms with Crippen LogP contribution in [0.5, 0.6) is 0 Å². The number of anilines is 1. The molecule has 0 saturated carbocycles. The van der Waals surface area contributed by atoms with Gasteiger partial charge in [-0.3, -0.25) is 9.59 Å². The highest BCUT2D eigenvalue weighted by molar-refractivity contribution is 8.00. The third-order valence-corrected chi connectivity index (χ3v) is 6.99. The molecule has 0 aliphatic rings. The molecule has 2 N–H and O–H groups in total. The summed E-state index contributed by atoms with van der Waals surface area (Å²) >= 11 is 8.61. The highest BCUT2D eigenvalue weighted by atomic mass is 35.5. The number of carbonyl (C=O) groups excluding carboxylic acids is 2. The predicted octanol–water partition coefficient (Wildman–Crippen LogP) is 4.15. The molecule has 0 fully saturated rings. The fourth-order valence-electron chi connectivity index (χ4n) is 2.70. The van der Waals surface area contributed by atoms with Gasteiger partial charge in [-0.1, -0.05) is 23.4 Å². The zero-order valence-corrected chi connectivity index (χ0v) is 20.2. The Hall–Kier alpha value is -2.43. The average Bonchev–Trinajstić information content (AvgIpc) is 3.23. The van der Waals surface area contributed by atoms with E-state index in [4.69, 9.17) is 11.6 Å². The molecule has 3 aromatic rings. The number of aromatic nitrogens is 4. The summed E-state index contributed by atoms with van der Waals surface area (Å²) in [7, 11) is 1.81. The number of rotatable bonds is 7. The van der Waals surface area contributed by atoms with Crippen molar-refractivity contribution in [3.05, 3.63) is 51.2 Å². The normalized spacial score (nSPS) is 13.0. The van der Waals surface area contributed by atoms with E-state index in [2.05, 4.69) is 25.8 Å². The van der Waals surface area contributed by atoms with Crippen LogP contribution in [0.1, 0.15) is 46.6 Å². The van der Waals surface area contributed by atoms with Crippen LogP contribution in [0.2, 0.25) is 5.02 Å². The molecule has 164 valence electrons. The van der Waals surface area contributed by atoms with Gasteiger partial charge >= 0.3 is 0 Å². The van der Waals surface area contributed by atoms with E-state index < -0.39 is 5.25 Å². The molecule has 2 amide bonds. The summed E-state index contributed by atoms with van der Waals surface area (Å²) in [4.78, 5) is 30.4. The summed E-state index contributed by atoms with van der Waals surface area (Å²) in [6.45, 7) is 7.51. The molecule has 0 spiro atoms. The van der Waals surface area contributed by atoms with Crippen LogP contribution in [0.3, 0.4) is 0 Å². The van der Waals surface area contributed by atoms with E-state index in [1.807, 2.05) is 20.8 Å². The first-order valence-electron chi connectivity index (χ1n) is 9.53. The first-order chi connectivity index (χ1) is 14.7. The van der Waals surface area contributed by atoms with Crippen LogP contribution in [0, 0.1) is 13.8 Å². The first-order valence-corrected chi connectivity index (χ1v) is 11.6. The number of thiazole rings is 1. The zero-order valence-electron chi connectivity index (χ0n) is 17.8. The maximum absolute atomic E-state index is 12.5. The molecule has 0 radical (unpaired) electrons.